The largest absolute Gasteiger partial charge is 0.308 e. The Labute approximate surface area is 128 Å². The van der Waals surface area contributed by atoms with Gasteiger partial charge in [0.1, 0.15) is 0 Å². The van der Waals surface area contributed by atoms with Gasteiger partial charge in [-0.1, -0.05) is 58.4 Å². The molecule has 0 fully saturated rings. The van der Waals surface area contributed by atoms with Crippen LogP contribution in [0.1, 0.15) is 11.1 Å². The molecule has 0 spiro atoms. The molecule has 1 unspecified atom stereocenters. The Kier molecular flexibility index (Phi) is 5.90. The summed E-state index contributed by atoms with van der Waals surface area (Å²) in [6.45, 7) is 0.845. The number of rotatable bonds is 6. The Hall–Kier alpha value is -0.830. The maximum absolute atomic E-state index is 6.04. The van der Waals surface area contributed by atoms with Gasteiger partial charge in [-0.3, -0.25) is 0 Å². The van der Waals surface area contributed by atoms with Crippen molar-refractivity contribution in [2.45, 2.75) is 19.0 Å². The molecule has 0 aliphatic heterocycles. The summed E-state index contributed by atoms with van der Waals surface area (Å²) in [7, 11) is 0. The number of halogens is 2. The Morgan fingerprint density at radius 1 is 0.947 bits per heavy atom. The first-order valence-electron chi connectivity index (χ1n) is 6.35. The first-order valence-corrected chi connectivity index (χ1v) is 7.68. The number of nitrogens with one attached hydrogen (secondary N) is 1. The van der Waals surface area contributed by atoms with Crippen molar-refractivity contribution in [3.8, 4) is 0 Å². The van der Waals surface area contributed by atoms with E-state index in [-0.39, 0.29) is 0 Å². The molecular weight excluding hydrogens is 322 g/mol. The van der Waals surface area contributed by atoms with E-state index in [1.165, 1.54) is 11.1 Å². The number of hydrogen-bond acceptors (Lipinski definition) is 1. The predicted molar refractivity (Wildman–Crippen MR) is 85.6 cm³/mol. The second-order valence-electron chi connectivity index (χ2n) is 4.55. The van der Waals surface area contributed by atoms with Crippen LogP contribution >= 0.6 is 27.5 Å². The maximum atomic E-state index is 6.04. The van der Waals surface area contributed by atoms with Gasteiger partial charge in [-0.2, -0.15) is 0 Å². The molecule has 100 valence electrons. The van der Waals surface area contributed by atoms with Gasteiger partial charge in [0.2, 0.25) is 0 Å². The molecule has 0 saturated carbocycles. The third-order valence-corrected chi connectivity index (χ3v) is 3.92. The Morgan fingerprint density at radius 2 is 1.63 bits per heavy atom. The van der Waals surface area contributed by atoms with Gasteiger partial charge in [-0.05, 0) is 29.7 Å². The summed E-state index contributed by atoms with van der Waals surface area (Å²) in [6, 6.07) is 19.1. The third-order valence-electron chi connectivity index (χ3n) is 3.02. The molecule has 2 aromatic rings. The van der Waals surface area contributed by atoms with Crippen LogP contribution in [0.25, 0.3) is 0 Å². The Morgan fingerprint density at radius 3 is 2.26 bits per heavy atom. The van der Waals surface area contributed by atoms with Gasteiger partial charge in [0.15, 0.2) is 0 Å². The van der Waals surface area contributed by atoms with Crippen molar-refractivity contribution >= 4 is 27.5 Å². The van der Waals surface area contributed by atoms with E-state index in [0.29, 0.717) is 11.9 Å². The van der Waals surface area contributed by atoms with Gasteiger partial charge in [-0.15, -0.1) is 11.6 Å². The zero-order valence-electron chi connectivity index (χ0n) is 10.7. The Balaban J connectivity index is 1.87. The van der Waals surface area contributed by atoms with Crippen LogP contribution in [-0.2, 0) is 13.0 Å². The van der Waals surface area contributed by atoms with Crippen molar-refractivity contribution < 1.29 is 0 Å². The molecule has 0 amide bonds. The van der Waals surface area contributed by atoms with Crippen LogP contribution in [0.2, 0.25) is 0 Å². The molecule has 1 nitrogen and oxygen atoms in total. The quantitative estimate of drug-likeness (QED) is 0.770. The average molecular weight is 339 g/mol. The lowest BCUT2D eigenvalue weighted by Gasteiger charge is -2.16. The van der Waals surface area contributed by atoms with E-state index in [0.717, 1.165) is 17.4 Å². The summed E-state index contributed by atoms with van der Waals surface area (Å²) in [6.07, 6.45) is 0.959. The lowest BCUT2D eigenvalue weighted by Crippen LogP contribution is -2.32. The lowest BCUT2D eigenvalue weighted by molar-refractivity contribution is 0.550. The second kappa shape index (κ2) is 7.68. The molecule has 1 atom stereocenters. The SMILES string of the molecule is ClCC(Cc1ccccc1)NCc1ccc(Br)cc1. The Bertz CT molecular complexity index is 484. The van der Waals surface area contributed by atoms with E-state index in [9.17, 15) is 0 Å². The highest BCUT2D eigenvalue weighted by Crippen LogP contribution is 2.11. The molecule has 0 bridgehead atoms. The van der Waals surface area contributed by atoms with Crippen LogP contribution in [0, 0.1) is 0 Å². The average Bonchev–Trinajstić information content (AvgIpc) is 2.46. The normalized spacial score (nSPS) is 12.3. The fraction of sp³-hybridized carbons (Fsp3) is 0.250. The molecule has 0 saturated heterocycles. The van der Waals surface area contributed by atoms with Gasteiger partial charge < -0.3 is 5.32 Å². The number of hydrogen-bond donors (Lipinski definition) is 1. The summed E-state index contributed by atoms with van der Waals surface area (Å²) in [5, 5.41) is 3.51. The van der Waals surface area contributed by atoms with Crippen molar-refractivity contribution in [3.05, 3.63) is 70.2 Å². The molecule has 0 aliphatic rings. The van der Waals surface area contributed by atoms with Crippen LogP contribution < -0.4 is 5.32 Å². The van der Waals surface area contributed by atoms with Crippen molar-refractivity contribution in [2.75, 3.05) is 5.88 Å². The molecule has 19 heavy (non-hydrogen) atoms. The molecule has 0 radical (unpaired) electrons. The second-order valence-corrected chi connectivity index (χ2v) is 5.77. The summed E-state index contributed by atoms with van der Waals surface area (Å²) in [5.74, 6) is 0.616. The van der Waals surface area contributed by atoms with Crippen LogP contribution in [0.5, 0.6) is 0 Å². The third kappa shape index (κ3) is 4.98. The monoisotopic (exact) mass is 337 g/mol. The molecular formula is C16H17BrClN. The summed E-state index contributed by atoms with van der Waals surface area (Å²) in [5.41, 5.74) is 2.59. The van der Waals surface area contributed by atoms with Gasteiger partial charge in [0.25, 0.3) is 0 Å². The number of alkyl halides is 1. The minimum Gasteiger partial charge on any atom is -0.308 e. The number of benzene rings is 2. The summed E-state index contributed by atoms with van der Waals surface area (Å²) < 4.78 is 1.11. The first-order chi connectivity index (χ1) is 9.28. The van der Waals surface area contributed by atoms with Gasteiger partial charge >= 0.3 is 0 Å². The fourth-order valence-corrected chi connectivity index (χ4v) is 2.43. The van der Waals surface area contributed by atoms with Gasteiger partial charge in [0, 0.05) is 22.9 Å². The smallest absolute Gasteiger partial charge is 0.0380 e. The summed E-state index contributed by atoms with van der Waals surface area (Å²) in [4.78, 5) is 0. The van der Waals surface area contributed by atoms with E-state index in [2.05, 4.69) is 69.8 Å². The molecule has 0 aromatic heterocycles. The van der Waals surface area contributed by atoms with E-state index >= 15 is 0 Å². The van der Waals surface area contributed by atoms with Crippen molar-refractivity contribution in [2.24, 2.45) is 0 Å². The lowest BCUT2D eigenvalue weighted by atomic mass is 10.1. The first kappa shape index (κ1) is 14.6. The van der Waals surface area contributed by atoms with Crippen molar-refractivity contribution in [1.29, 1.82) is 0 Å². The van der Waals surface area contributed by atoms with Crippen LogP contribution in [0.3, 0.4) is 0 Å². The highest BCUT2D eigenvalue weighted by molar-refractivity contribution is 9.10. The minimum absolute atomic E-state index is 0.299. The predicted octanol–water partition coefficient (Wildman–Crippen LogP) is 4.39. The fourth-order valence-electron chi connectivity index (χ4n) is 1.94. The molecule has 0 heterocycles. The molecule has 3 heteroatoms. The zero-order valence-corrected chi connectivity index (χ0v) is 13.0. The molecule has 1 N–H and O–H groups in total. The maximum Gasteiger partial charge on any atom is 0.0380 e. The van der Waals surface area contributed by atoms with Crippen LogP contribution in [-0.4, -0.2) is 11.9 Å². The van der Waals surface area contributed by atoms with E-state index in [1.54, 1.807) is 0 Å². The van der Waals surface area contributed by atoms with Gasteiger partial charge in [0.05, 0.1) is 0 Å². The van der Waals surface area contributed by atoms with E-state index < -0.39 is 0 Å². The van der Waals surface area contributed by atoms with E-state index in [4.69, 9.17) is 11.6 Å². The highest BCUT2D eigenvalue weighted by atomic mass is 79.9. The van der Waals surface area contributed by atoms with Crippen LogP contribution in [0.4, 0.5) is 0 Å². The standard InChI is InChI=1S/C16H17BrClN/c17-15-8-6-14(7-9-15)12-19-16(11-18)10-13-4-2-1-3-5-13/h1-9,16,19H,10-12H2. The summed E-state index contributed by atoms with van der Waals surface area (Å²) >= 11 is 9.48. The van der Waals surface area contributed by atoms with Crippen molar-refractivity contribution in [1.82, 2.24) is 5.32 Å². The molecule has 0 aliphatic carbocycles. The molecule has 2 aromatic carbocycles. The van der Waals surface area contributed by atoms with Crippen LogP contribution in [0.15, 0.2) is 59.1 Å². The van der Waals surface area contributed by atoms with Gasteiger partial charge in [-0.25, -0.2) is 0 Å². The topological polar surface area (TPSA) is 12.0 Å². The van der Waals surface area contributed by atoms with E-state index in [1.807, 2.05) is 6.07 Å². The minimum atomic E-state index is 0.299. The van der Waals surface area contributed by atoms with Crippen molar-refractivity contribution in [3.63, 3.8) is 0 Å². The highest BCUT2D eigenvalue weighted by Gasteiger charge is 2.07. The molecule has 2 rings (SSSR count). The zero-order chi connectivity index (χ0) is 13.5.